The number of carboxylic acids is 1. The average molecular weight is 332 g/mol. The number of nitrogens with one attached hydrogen (secondary N) is 1. The topological polar surface area (TPSA) is 66.4 Å². The Balaban J connectivity index is 1.98. The first-order valence-corrected chi connectivity index (χ1v) is 7.65. The number of anilines is 1. The predicted octanol–water partition coefficient (Wildman–Crippen LogP) is 3.92. The van der Waals surface area contributed by atoms with Crippen molar-refractivity contribution in [3.05, 3.63) is 64.7 Å². The number of hydrogen-bond acceptors (Lipinski definition) is 2. The van der Waals surface area contributed by atoms with E-state index in [-0.39, 0.29) is 12.3 Å². The Morgan fingerprint density at radius 3 is 2.26 bits per heavy atom. The number of amides is 1. The van der Waals surface area contributed by atoms with E-state index in [9.17, 15) is 14.7 Å². The number of carbonyl (C=O) groups excluding carboxylic acids is 1. The van der Waals surface area contributed by atoms with Gasteiger partial charge in [-0.3, -0.25) is 9.59 Å². The standard InChI is InChI=1S/C18H18ClNO3/c1-12-2-4-13(5-3-12)10-14(18(22)23)11-17(21)20-16-8-6-15(19)7-9-16/h2-9,14H,10-11H2,1H3,(H,20,21)(H,22,23). The molecule has 0 spiro atoms. The van der Waals surface area contributed by atoms with Gasteiger partial charge >= 0.3 is 5.97 Å². The van der Waals surface area contributed by atoms with Crippen LogP contribution >= 0.6 is 11.6 Å². The van der Waals surface area contributed by atoms with Crippen LogP contribution in [-0.4, -0.2) is 17.0 Å². The van der Waals surface area contributed by atoms with Gasteiger partial charge in [-0.25, -0.2) is 0 Å². The molecule has 0 saturated carbocycles. The fraction of sp³-hybridized carbons (Fsp3) is 0.222. The fourth-order valence-electron chi connectivity index (χ4n) is 2.22. The van der Waals surface area contributed by atoms with E-state index < -0.39 is 11.9 Å². The Labute approximate surface area is 140 Å². The van der Waals surface area contributed by atoms with Crippen LogP contribution < -0.4 is 5.32 Å². The molecular weight excluding hydrogens is 314 g/mol. The average Bonchev–Trinajstić information content (AvgIpc) is 2.51. The molecule has 2 rings (SSSR count). The molecule has 0 aliphatic rings. The number of aryl methyl sites for hydroxylation is 1. The van der Waals surface area contributed by atoms with Crippen LogP contribution in [-0.2, 0) is 16.0 Å². The summed E-state index contributed by atoms with van der Waals surface area (Å²) in [5.74, 6) is -2.06. The molecule has 2 N–H and O–H groups in total. The predicted molar refractivity (Wildman–Crippen MR) is 90.7 cm³/mol. The monoisotopic (exact) mass is 331 g/mol. The van der Waals surface area contributed by atoms with Crippen molar-refractivity contribution in [2.24, 2.45) is 5.92 Å². The summed E-state index contributed by atoms with van der Waals surface area (Å²) in [6, 6.07) is 14.3. The van der Waals surface area contributed by atoms with Crippen LogP contribution in [0.4, 0.5) is 5.69 Å². The summed E-state index contributed by atoms with van der Waals surface area (Å²) in [5, 5.41) is 12.6. The Bertz CT molecular complexity index is 680. The number of hydrogen-bond donors (Lipinski definition) is 2. The molecule has 0 bridgehead atoms. The molecule has 0 saturated heterocycles. The maximum atomic E-state index is 12.0. The number of carboxylic acid groups (broad SMARTS) is 1. The molecule has 4 nitrogen and oxygen atoms in total. The molecule has 2 aromatic carbocycles. The van der Waals surface area contributed by atoms with Crippen molar-refractivity contribution in [3.8, 4) is 0 Å². The van der Waals surface area contributed by atoms with E-state index in [4.69, 9.17) is 11.6 Å². The molecule has 5 heteroatoms. The molecule has 120 valence electrons. The second-order valence-corrected chi connectivity index (χ2v) is 5.92. The molecule has 0 aliphatic heterocycles. The normalized spacial score (nSPS) is 11.7. The minimum Gasteiger partial charge on any atom is -0.481 e. The van der Waals surface area contributed by atoms with Crippen LogP contribution in [0.2, 0.25) is 5.02 Å². The Morgan fingerprint density at radius 2 is 1.70 bits per heavy atom. The van der Waals surface area contributed by atoms with Gasteiger partial charge in [-0.2, -0.15) is 0 Å². The van der Waals surface area contributed by atoms with Gasteiger partial charge in [-0.1, -0.05) is 41.4 Å². The summed E-state index contributed by atoms with van der Waals surface area (Å²) in [6.45, 7) is 1.97. The van der Waals surface area contributed by atoms with E-state index in [1.54, 1.807) is 24.3 Å². The lowest BCUT2D eigenvalue weighted by molar-refractivity contribution is -0.143. The van der Waals surface area contributed by atoms with E-state index in [1.807, 2.05) is 31.2 Å². The van der Waals surface area contributed by atoms with E-state index in [1.165, 1.54) is 0 Å². The molecule has 0 radical (unpaired) electrons. The molecule has 1 unspecified atom stereocenters. The highest BCUT2D eigenvalue weighted by Gasteiger charge is 2.21. The lowest BCUT2D eigenvalue weighted by Gasteiger charge is -2.13. The highest BCUT2D eigenvalue weighted by Crippen LogP contribution is 2.17. The van der Waals surface area contributed by atoms with Crippen LogP contribution in [0.3, 0.4) is 0 Å². The third kappa shape index (κ3) is 5.42. The van der Waals surface area contributed by atoms with Crippen LogP contribution in [0.5, 0.6) is 0 Å². The highest BCUT2D eigenvalue weighted by atomic mass is 35.5. The molecule has 1 atom stereocenters. The first kappa shape index (κ1) is 17.0. The van der Waals surface area contributed by atoms with Crippen molar-refractivity contribution < 1.29 is 14.7 Å². The third-order valence-electron chi connectivity index (χ3n) is 3.51. The van der Waals surface area contributed by atoms with Gasteiger partial charge in [-0.15, -0.1) is 0 Å². The van der Waals surface area contributed by atoms with E-state index >= 15 is 0 Å². The zero-order valence-electron chi connectivity index (χ0n) is 12.8. The highest BCUT2D eigenvalue weighted by molar-refractivity contribution is 6.30. The SMILES string of the molecule is Cc1ccc(CC(CC(=O)Nc2ccc(Cl)cc2)C(=O)O)cc1. The summed E-state index contributed by atoms with van der Waals surface area (Å²) in [4.78, 5) is 23.5. The van der Waals surface area contributed by atoms with Crippen LogP contribution in [0, 0.1) is 12.8 Å². The maximum absolute atomic E-state index is 12.0. The molecule has 0 aromatic heterocycles. The Hall–Kier alpha value is -2.33. The lowest BCUT2D eigenvalue weighted by Crippen LogP contribution is -2.24. The first-order chi connectivity index (χ1) is 10.9. The Morgan fingerprint density at radius 1 is 1.09 bits per heavy atom. The minimum atomic E-state index is -0.975. The number of benzene rings is 2. The number of rotatable bonds is 6. The van der Waals surface area contributed by atoms with Gasteiger partial charge in [0, 0.05) is 17.1 Å². The van der Waals surface area contributed by atoms with Crippen molar-refractivity contribution in [2.45, 2.75) is 19.8 Å². The van der Waals surface area contributed by atoms with Gasteiger partial charge in [0.05, 0.1) is 5.92 Å². The molecule has 1 amide bonds. The molecule has 0 aliphatic carbocycles. The van der Waals surface area contributed by atoms with E-state index in [0.717, 1.165) is 11.1 Å². The number of aliphatic carboxylic acids is 1. The largest absolute Gasteiger partial charge is 0.481 e. The molecule has 2 aromatic rings. The van der Waals surface area contributed by atoms with Gasteiger partial charge in [0.25, 0.3) is 0 Å². The van der Waals surface area contributed by atoms with Gasteiger partial charge in [0.1, 0.15) is 0 Å². The van der Waals surface area contributed by atoms with E-state index in [2.05, 4.69) is 5.32 Å². The smallest absolute Gasteiger partial charge is 0.307 e. The summed E-state index contributed by atoms with van der Waals surface area (Å²) in [6.07, 6.45) is 0.246. The van der Waals surface area contributed by atoms with Crippen LogP contribution in [0.25, 0.3) is 0 Å². The number of halogens is 1. The van der Waals surface area contributed by atoms with Crippen molar-refractivity contribution in [3.63, 3.8) is 0 Å². The quantitative estimate of drug-likeness (QED) is 0.843. The second kappa shape index (κ2) is 7.79. The van der Waals surface area contributed by atoms with Crippen molar-refractivity contribution in [2.75, 3.05) is 5.32 Å². The number of carbonyl (C=O) groups is 2. The zero-order valence-corrected chi connectivity index (χ0v) is 13.5. The van der Waals surface area contributed by atoms with Crippen LogP contribution in [0.1, 0.15) is 17.5 Å². The second-order valence-electron chi connectivity index (χ2n) is 5.48. The van der Waals surface area contributed by atoms with Crippen molar-refractivity contribution >= 4 is 29.2 Å². The van der Waals surface area contributed by atoms with Gasteiger partial charge in [-0.05, 0) is 43.2 Å². The van der Waals surface area contributed by atoms with Gasteiger partial charge in [0.2, 0.25) is 5.91 Å². The fourth-order valence-corrected chi connectivity index (χ4v) is 2.35. The minimum absolute atomic E-state index is 0.0775. The van der Waals surface area contributed by atoms with Gasteiger partial charge in [0.15, 0.2) is 0 Å². The summed E-state index contributed by atoms with van der Waals surface area (Å²) in [5.41, 5.74) is 2.61. The van der Waals surface area contributed by atoms with Gasteiger partial charge < -0.3 is 10.4 Å². The molecule has 0 heterocycles. The molecule has 0 fully saturated rings. The first-order valence-electron chi connectivity index (χ1n) is 7.28. The molecular formula is C18H18ClNO3. The summed E-state index contributed by atoms with van der Waals surface area (Å²) in [7, 11) is 0. The van der Waals surface area contributed by atoms with Crippen LogP contribution in [0.15, 0.2) is 48.5 Å². The van der Waals surface area contributed by atoms with Crippen molar-refractivity contribution in [1.29, 1.82) is 0 Å². The summed E-state index contributed by atoms with van der Waals surface area (Å²) < 4.78 is 0. The maximum Gasteiger partial charge on any atom is 0.307 e. The van der Waals surface area contributed by atoms with Crippen molar-refractivity contribution in [1.82, 2.24) is 0 Å². The third-order valence-corrected chi connectivity index (χ3v) is 3.76. The Kier molecular flexibility index (Phi) is 5.77. The van der Waals surface area contributed by atoms with E-state index in [0.29, 0.717) is 17.1 Å². The zero-order chi connectivity index (χ0) is 16.8. The molecule has 23 heavy (non-hydrogen) atoms. The lowest BCUT2D eigenvalue weighted by atomic mass is 9.95. The summed E-state index contributed by atoms with van der Waals surface area (Å²) >= 11 is 5.79.